The van der Waals surface area contributed by atoms with E-state index in [1.165, 1.54) is 24.8 Å². The van der Waals surface area contributed by atoms with Crippen molar-refractivity contribution in [3.8, 4) is 0 Å². The SMILES string of the molecule is O=C(NC1CCCCC1)N1CCNCC1c1ccccc1. The summed E-state index contributed by atoms with van der Waals surface area (Å²) < 4.78 is 0. The number of carbonyl (C=O) groups is 1. The Morgan fingerprint density at radius 3 is 2.67 bits per heavy atom. The van der Waals surface area contributed by atoms with Crippen LogP contribution < -0.4 is 10.6 Å². The highest BCUT2D eigenvalue weighted by molar-refractivity contribution is 5.75. The Labute approximate surface area is 126 Å². The number of benzene rings is 1. The molecule has 3 rings (SSSR count). The van der Waals surface area contributed by atoms with E-state index in [9.17, 15) is 4.79 Å². The molecular formula is C17H25N3O. The first-order valence-corrected chi connectivity index (χ1v) is 8.17. The summed E-state index contributed by atoms with van der Waals surface area (Å²) in [7, 11) is 0. The lowest BCUT2D eigenvalue weighted by atomic mass is 9.95. The van der Waals surface area contributed by atoms with Gasteiger partial charge in [0.1, 0.15) is 0 Å². The summed E-state index contributed by atoms with van der Waals surface area (Å²) in [6, 6.07) is 10.9. The monoisotopic (exact) mass is 287 g/mol. The van der Waals surface area contributed by atoms with E-state index in [0.717, 1.165) is 32.5 Å². The van der Waals surface area contributed by atoms with E-state index in [2.05, 4.69) is 22.8 Å². The molecule has 1 atom stereocenters. The van der Waals surface area contributed by atoms with Crippen LogP contribution in [-0.2, 0) is 0 Å². The first-order chi connectivity index (χ1) is 10.3. The predicted molar refractivity (Wildman–Crippen MR) is 84.2 cm³/mol. The predicted octanol–water partition coefficient (Wildman–Crippen LogP) is 2.68. The summed E-state index contributed by atoms with van der Waals surface area (Å²) in [5.41, 5.74) is 1.21. The Bertz CT molecular complexity index is 456. The van der Waals surface area contributed by atoms with Gasteiger partial charge in [-0.1, -0.05) is 49.6 Å². The number of hydrogen-bond acceptors (Lipinski definition) is 2. The summed E-state index contributed by atoms with van der Waals surface area (Å²) in [6.07, 6.45) is 6.07. The minimum Gasteiger partial charge on any atom is -0.335 e. The molecule has 0 spiro atoms. The van der Waals surface area contributed by atoms with E-state index < -0.39 is 0 Å². The van der Waals surface area contributed by atoms with Crippen LogP contribution in [0.25, 0.3) is 0 Å². The minimum absolute atomic E-state index is 0.109. The molecule has 4 nitrogen and oxygen atoms in total. The Balaban J connectivity index is 1.67. The second kappa shape index (κ2) is 6.94. The summed E-state index contributed by atoms with van der Waals surface area (Å²) in [6.45, 7) is 2.49. The van der Waals surface area contributed by atoms with Crippen LogP contribution in [0.15, 0.2) is 30.3 Å². The van der Waals surface area contributed by atoms with Crippen molar-refractivity contribution >= 4 is 6.03 Å². The lowest BCUT2D eigenvalue weighted by Gasteiger charge is -2.38. The molecule has 2 aliphatic rings. The molecule has 2 fully saturated rings. The maximum absolute atomic E-state index is 12.6. The Morgan fingerprint density at radius 1 is 1.14 bits per heavy atom. The fraction of sp³-hybridized carbons (Fsp3) is 0.588. The van der Waals surface area contributed by atoms with Gasteiger partial charge in [0.15, 0.2) is 0 Å². The van der Waals surface area contributed by atoms with Crippen LogP contribution in [0.3, 0.4) is 0 Å². The second-order valence-electron chi connectivity index (χ2n) is 6.11. The van der Waals surface area contributed by atoms with Gasteiger partial charge in [0, 0.05) is 25.7 Å². The molecular weight excluding hydrogens is 262 g/mol. The zero-order chi connectivity index (χ0) is 14.5. The number of piperazine rings is 1. The molecule has 1 aromatic carbocycles. The van der Waals surface area contributed by atoms with Gasteiger partial charge in [-0.25, -0.2) is 4.79 Å². The van der Waals surface area contributed by atoms with Crippen LogP contribution in [0, 0.1) is 0 Å². The maximum atomic E-state index is 12.6. The molecule has 1 saturated heterocycles. The molecule has 2 N–H and O–H groups in total. The lowest BCUT2D eigenvalue weighted by molar-refractivity contribution is 0.152. The Kier molecular flexibility index (Phi) is 4.76. The molecule has 1 aliphatic heterocycles. The molecule has 1 heterocycles. The molecule has 0 aromatic heterocycles. The van der Waals surface area contributed by atoms with Gasteiger partial charge in [-0.05, 0) is 18.4 Å². The summed E-state index contributed by atoms with van der Waals surface area (Å²) in [4.78, 5) is 14.6. The topological polar surface area (TPSA) is 44.4 Å². The number of carbonyl (C=O) groups excluding carboxylic acids is 1. The van der Waals surface area contributed by atoms with Crippen LogP contribution in [0.1, 0.15) is 43.7 Å². The highest BCUT2D eigenvalue weighted by atomic mass is 16.2. The molecule has 0 radical (unpaired) electrons. The van der Waals surface area contributed by atoms with Crippen molar-refractivity contribution in [1.82, 2.24) is 15.5 Å². The number of hydrogen-bond donors (Lipinski definition) is 2. The summed E-state index contributed by atoms with van der Waals surface area (Å²) >= 11 is 0. The average Bonchev–Trinajstić information content (AvgIpc) is 2.56. The van der Waals surface area contributed by atoms with Crippen molar-refractivity contribution in [2.24, 2.45) is 0 Å². The standard InChI is InChI=1S/C17H25N3O/c21-17(19-15-9-5-2-6-10-15)20-12-11-18-13-16(20)14-7-3-1-4-8-14/h1,3-4,7-8,15-16,18H,2,5-6,9-13H2,(H,19,21). The third-order valence-corrected chi connectivity index (χ3v) is 4.62. The van der Waals surface area contributed by atoms with E-state index >= 15 is 0 Å². The van der Waals surface area contributed by atoms with Crippen molar-refractivity contribution in [3.05, 3.63) is 35.9 Å². The van der Waals surface area contributed by atoms with Gasteiger partial charge >= 0.3 is 6.03 Å². The van der Waals surface area contributed by atoms with Gasteiger partial charge in [-0.15, -0.1) is 0 Å². The molecule has 2 amide bonds. The number of nitrogens with zero attached hydrogens (tertiary/aromatic N) is 1. The summed E-state index contributed by atoms with van der Waals surface area (Å²) in [5.74, 6) is 0. The molecule has 114 valence electrons. The highest BCUT2D eigenvalue weighted by Crippen LogP contribution is 2.23. The number of urea groups is 1. The second-order valence-corrected chi connectivity index (χ2v) is 6.11. The molecule has 4 heteroatoms. The third kappa shape index (κ3) is 3.56. The van der Waals surface area contributed by atoms with E-state index in [1.807, 2.05) is 23.1 Å². The smallest absolute Gasteiger partial charge is 0.318 e. The van der Waals surface area contributed by atoms with Gasteiger partial charge in [0.05, 0.1) is 6.04 Å². The number of rotatable bonds is 2. The van der Waals surface area contributed by atoms with Crippen molar-refractivity contribution in [3.63, 3.8) is 0 Å². The van der Waals surface area contributed by atoms with Crippen molar-refractivity contribution in [2.45, 2.75) is 44.2 Å². The normalized spacial score (nSPS) is 23.8. The zero-order valence-corrected chi connectivity index (χ0v) is 12.6. The number of nitrogens with one attached hydrogen (secondary N) is 2. The van der Waals surface area contributed by atoms with Crippen LogP contribution in [0.5, 0.6) is 0 Å². The first-order valence-electron chi connectivity index (χ1n) is 8.17. The molecule has 1 saturated carbocycles. The largest absolute Gasteiger partial charge is 0.335 e. The minimum atomic E-state index is 0.109. The average molecular weight is 287 g/mol. The zero-order valence-electron chi connectivity index (χ0n) is 12.6. The molecule has 1 aliphatic carbocycles. The van der Waals surface area contributed by atoms with Gasteiger partial charge < -0.3 is 15.5 Å². The Morgan fingerprint density at radius 2 is 1.90 bits per heavy atom. The quantitative estimate of drug-likeness (QED) is 0.878. The van der Waals surface area contributed by atoms with E-state index in [1.54, 1.807) is 0 Å². The van der Waals surface area contributed by atoms with Crippen LogP contribution >= 0.6 is 0 Å². The lowest BCUT2D eigenvalue weighted by Crippen LogP contribution is -2.54. The van der Waals surface area contributed by atoms with Gasteiger partial charge in [0.2, 0.25) is 0 Å². The van der Waals surface area contributed by atoms with E-state index in [4.69, 9.17) is 0 Å². The Hall–Kier alpha value is -1.55. The van der Waals surface area contributed by atoms with Crippen LogP contribution in [0.2, 0.25) is 0 Å². The third-order valence-electron chi connectivity index (χ3n) is 4.62. The fourth-order valence-electron chi connectivity index (χ4n) is 3.42. The van der Waals surface area contributed by atoms with E-state index in [0.29, 0.717) is 6.04 Å². The van der Waals surface area contributed by atoms with Gasteiger partial charge in [-0.2, -0.15) is 0 Å². The summed E-state index contributed by atoms with van der Waals surface area (Å²) in [5, 5.41) is 6.65. The van der Waals surface area contributed by atoms with E-state index in [-0.39, 0.29) is 12.1 Å². The molecule has 1 aromatic rings. The highest BCUT2D eigenvalue weighted by Gasteiger charge is 2.29. The van der Waals surface area contributed by atoms with Gasteiger partial charge in [0.25, 0.3) is 0 Å². The van der Waals surface area contributed by atoms with Gasteiger partial charge in [-0.3, -0.25) is 0 Å². The van der Waals surface area contributed by atoms with Crippen molar-refractivity contribution in [2.75, 3.05) is 19.6 Å². The maximum Gasteiger partial charge on any atom is 0.318 e. The first kappa shape index (κ1) is 14.4. The molecule has 1 unspecified atom stereocenters. The molecule has 21 heavy (non-hydrogen) atoms. The number of amides is 2. The van der Waals surface area contributed by atoms with Crippen molar-refractivity contribution < 1.29 is 4.79 Å². The van der Waals surface area contributed by atoms with Crippen LogP contribution in [-0.4, -0.2) is 36.6 Å². The van der Waals surface area contributed by atoms with Crippen molar-refractivity contribution in [1.29, 1.82) is 0 Å². The van der Waals surface area contributed by atoms with Crippen LogP contribution in [0.4, 0.5) is 4.79 Å². The fourth-order valence-corrected chi connectivity index (χ4v) is 3.42. The molecule has 0 bridgehead atoms.